The molecular formula is C13H17N5O2. The zero-order chi connectivity index (χ0) is 14.5. The molecule has 0 amide bonds. The molecule has 2 aromatic heterocycles. The highest BCUT2D eigenvalue weighted by atomic mass is 16.6. The van der Waals surface area contributed by atoms with Crippen LogP contribution in [0.1, 0.15) is 20.3 Å². The van der Waals surface area contributed by atoms with Crippen LogP contribution in [-0.4, -0.2) is 26.2 Å². The molecule has 0 aliphatic carbocycles. The summed E-state index contributed by atoms with van der Waals surface area (Å²) in [5, 5.41) is 18.4. The monoisotopic (exact) mass is 275 g/mol. The van der Waals surface area contributed by atoms with E-state index in [1.165, 1.54) is 6.07 Å². The van der Waals surface area contributed by atoms with Crippen LogP contribution < -0.4 is 5.32 Å². The molecule has 0 saturated carbocycles. The Balaban J connectivity index is 2.43. The van der Waals surface area contributed by atoms with Crippen LogP contribution in [0.3, 0.4) is 0 Å². The molecule has 0 unspecified atom stereocenters. The summed E-state index contributed by atoms with van der Waals surface area (Å²) in [6.07, 6.45) is 4.32. The van der Waals surface area contributed by atoms with Crippen LogP contribution >= 0.6 is 0 Å². The Kier molecular flexibility index (Phi) is 4.29. The number of nitrogens with zero attached hydrogens (tertiary/aromatic N) is 4. The molecule has 0 saturated heterocycles. The number of aryl methyl sites for hydroxylation is 1. The fraction of sp³-hybridized carbons (Fsp3) is 0.385. The van der Waals surface area contributed by atoms with E-state index in [9.17, 15) is 10.1 Å². The Bertz CT molecular complexity index is 609. The van der Waals surface area contributed by atoms with Gasteiger partial charge in [0.15, 0.2) is 5.69 Å². The molecule has 0 bridgehead atoms. The fourth-order valence-corrected chi connectivity index (χ4v) is 1.82. The number of anilines is 1. The van der Waals surface area contributed by atoms with Gasteiger partial charge in [-0.1, -0.05) is 6.92 Å². The second-order valence-electron chi connectivity index (χ2n) is 4.33. The maximum atomic E-state index is 11.1. The maximum absolute atomic E-state index is 11.1. The minimum atomic E-state index is -0.421. The molecule has 2 heterocycles. The zero-order valence-corrected chi connectivity index (χ0v) is 11.5. The Morgan fingerprint density at radius 2 is 2.20 bits per heavy atom. The van der Waals surface area contributed by atoms with Crippen molar-refractivity contribution in [2.24, 2.45) is 0 Å². The molecule has 0 fully saturated rings. The van der Waals surface area contributed by atoms with E-state index in [4.69, 9.17) is 0 Å². The highest BCUT2D eigenvalue weighted by molar-refractivity contribution is 5.70. The van der Waals surface area contributed by atoms with Crippen LogP contribution in [0.2, 0.25) is 0 Å². The quantitative estimate of drug-likeness (QED) is 0.647. The van der Waals surface area contributed by atoms with Gasteiger partial charge < -0.3 is 5.32 Å². The van der Waals surface area contributed by atoms with Gasteiger partial charge in [-0.05, 0) is 19.4 Å². The summed E-state index contributed by atoms with van der Waals surface area (Å²) >= 11 is 0. The Morgan fingerprint density at radius 1 is 1.40 bits per heavy atom. The average molecular weight is 275 g/mol. The van der Waals surface area contributed by atoms with Crippen LogP contribution in [0.4, 0.5) is 11.5 Å². The molecule has 0 spiro atoms. The molecule has 0 aliphatic heterocycles. The number of pyridine rings is 1. The van der Waals surface area contributed by atoms with Crippen molar-refractivity contribution >= 4 is 11.5 Å². The zero-order valence-electron chi connectivity index (χ0n) is 11.5. The van der Waals surface area contributed by atoms with Crippen LogP contribution in [-0.2, 0) is 6.54 Å². The number of hydrogen-bond donors (Lipinski definition) is 1. The lowest BCUT2D eigenvalue weighted by Gasteiger charge is -2.06. The normalized spacial score (nSPS) is 10.5. The van der Waals surface area contributed by atoms with E-state index in [-0.39, 0.29) is 5.69 Å². The van der Waals surface area contributed by atoms with Crippen molar-refractivity contribution < 1.29 is 4.92 Å². The van der Waals surface area contributed by atoms with Gasteiger partial charge in [0.05, 0.1) is 11.1 Å². The molecular weight excluding hydrogens is 258 g/mol. The lowest BCUT2D eigenvalue weighted by Crippen LogP contribution is -2.03. The van der Waals surface area contributed by atoms with E-state index >= 15 is 0 Å². The van der Waals surface area contributed by atoms with E-state index in [1.54, 1.807) is 23.1 Å². The van der Waals surface area contributed by atoms with Gasteiger partial charge in [-0.2, -0.15) is 5.10 Å². The molecule has 0 aliphatic rings. The van der Waals surface area contributed by atoms with Crippen LogP contribution in [0.25, 0.3) is 11.3 Å². The SMILES string of the molecule is CCCNc1ccc([N+](=O)[O-])c(-c2cnn(CC)c2)n1. The van der Waals surface area contributed by atoms with Crippen molar-refractivity contribution in [3.8, 4) is 11.3 Å². The fourth-order valence-electron chi connectivity index (χ4n) is 1.82. The topological polar surface area (TPSA) is 85.9 Å². The van der Waals surface area contributed by atoms with Crippen molar-refractivity contribution in [1.29, 1.82) is 0 Å². The van der Waals surface area contributed by atoms with Crippen molar-refractivity contribution in [1.82, 2.24) is 14.8 Å². The van der Waals surface area contributed by atoms with E-state index in [0.29, 0.717) is 23.6 Å². The largest absolute Gasteiger partial charge is 0.370 e. The molecule has 2 aromatic rings. The van der Waals surface area contributed by atoms with Gasteiger partial charge in [-0.15, -0.1) is 0 Å². The van der Waals surface area contributed by atoms with Crippen LogP contribution in [0, 0.1) is 10.1 Å². The van der Waals surface area contributed by atoms with Crippen molar-refractivity contribution in [2.75, 3.05) is 11.9 Å². The number of nitro groups is 1. The van der Waals surface area contributed by atoms with Crippen LogP contribution in [0.15, 0.2) is 24.5 Å². The number of nitrogens with one attached hydrogen (secondary N) is 1. The second kappa shape index (κ2) is 6.14. The standard InChI is InChI=1S/C13H17N5O2/c1-3-7-14-12-6-5-11(18(19)20)13(16-12)10-8-15-17(4-2)9-10/h5-6,8-9H,3-4,7H2,1-2H3,(H,14,16). The number of rotatable bonds is 6. The second-order valence-corrected chi connectivity index (χ2v) is 4.33. The molecule has 7 nitrogen and oxygen atoms in total. The van der Waals surface area contributed by atoms with Gasteiger partial charge in [0.1, 0.15) is 5.82 Å². The Morgan fingerprint density at radius 3 is 2.80 bits per heavy atom. The predicted molar refractivity (Wildman–Crippen MR) is 76.6 cm³/mol. The molecule has 20 heavy (non-hydrogen) atoms. The molecule has 106 valence electrons. The third-order valence-electron chi connectivity index (χ3n) is 2.86. The smallest absolute Gasteiger partial charge is 0.295 e. The average Bonchev–Trinajstić information content (AvgIpc) is 2.93. The first-order valence-corrected chi connectivity index (χ1v) is 6.57. The molecule has 7 heteroatoms. The van der Waals surface area contributed by atoms with E-state index in [1.807, 2.05) is 13.8 Å². The molecule has 1 N–H and O–H groups in total. The minimum Gasteiger partial charge on any atom is -0.370 e. The van der Waals surface area contributed by atoms with Gasteiger partial charge in [-0.25, -0.2) is 4.98 Å². The van der Waals surface area contributed by atoms with Crippen molar-refractivity contribution in [3.05, 3.63) is 34.6 Å². The molecule has 0 radical (unpaired) electrons. The first kappa shape index (κ1) is 14.0. The van der Waals surface area contributed by atoms with Gasteiger partial charge >= 0.3 is 0 Å². The van der Waals surface area contributed by atoms with Gasteiger partial charge in [0, 0.05) is 30.9 Å². The molecule has 0 aromatic carbocycles. The van der Waals surface area contributed by atoms with E-state index < -0.39 is 4.92 Å². The Labute approximate surface area is 116 Å². The summed E-state index contributed by atoms with van der Waals surface area (Å²) in [7, 11) is 0. The highest BCUT2D eigenvalue weighted by Crippen LogP contribution is 2.29. The first-order chi connectivity index (χ1) is 9.65. The minimum absolute atomic E-state index is 0.0114. The third kappa shape index (κ3) is 2.93. The van der Waals surface area contributed by atoms with E-state index in [2.05, 4.69) is 15.4 Å². The molecule has 0 atom stereocenters. The highest BCUT2D eigenvalue weighted by Gasteiger charge is 2.19. The first-order valence-electron chi connectivity index (χ1n) is 6.57. The lowest BCUT2D eigenvalue weighted by atomic mass is 10.2. The number of hydrogen-bond acceptors (Lipinski definition) is 5. The summed E-state index contributed by atoms with van der Waals surface area (Å²) in [6, 6.07) is 3.10. The van der Waals surface area contributed by atoms with Crippen molar-refractivity contribution in [3.63, 3.8) is 0 Å². The van der Waals surface area contributed by atoms with E-state index in [0.717, 1.165) is 13.0 Å². The molecule has 2 rings (SSSR count). The van der Waals surface area contributed by atoms with Gasteiger partial charge in [-0.3, -0.25) is 14.8 Å². The van der Waals surface area contributed by atoms with Crippen molar-refractivity contribution in [2.45, 2.75) is 26.8 Å². The number of aromatic nitrogens is 3. The Hall–Kier alpha value is -2.44. The van der Waals surface area contributed by atoms with Gasteiger partial charge in [0.25, 0.3) is 5.69 Å². The lowest BCUT2D eigenvalue weighted by molar-refractivity contribution is -0.384. The van der Waals surface area contributed by atoms with Crippen LogP contribution in [0.5, 0.6) is 0 Å². The maximum Gasteiger partial charge on any atom is 0.295 e. The summed E-state index contributed by atoms with van der Waals surface area (Å²) in [5.41, 5.74) is 0.984. The summed E-state index contributed by atoms with van der Waals surface area (Å²) in [5.74, 6) is 0.636. The third-order valence-corrected chi connectivity index (χ3v) is 2.86. The predicted octanol–water partition coefficient (Wildman–Crippen LogP) is 2.70. The summed E-state index contributed by atoms with van der Waals surface area (Å²) in [4.78, 5) is 15.0. The van der Waals surface area contributed by atoms with Gasteiger partial charge in [0.2, 0.25) is 0 Å². The summed E-state index contributed by atoms with van der Waals surface area (Å²) < 4.78 is 1.72. The summed E-state index contributed by atoms with van der Waals surface area (Å²) in [6.45, 7) is 5.49.